The Balaban J connectivity index is 0.00000312. The highest BCUT2D eigenvalue weighted by Crippen LogP contribution is 2.24. The maximum absolute atomic E-state index is 11.9. The highest BCUT2D eigenvalue weighted by atomic mass is 127. The van der Waals surface area contributed by atoms with Gasteiger partial charge in [-0.05, 0) is 19.8 Å². The molecule has 0 radical (unpaired) electrons. The third-order valence-corrected chi connectivity index (χ3v) is 5.17. The number of aliphatic imine (C=N–C) groups is 1. The predicted octanol–water partition coefficient (Wildman–Crippen LogP) is 1.03. The van der Waals surface area contributed by atoms with Gasteiger partial charge in [-0.3, -0.25) is 14.7 Å². The van der Waals surface area contributed by atoms with E-state index in [1.807, 2.05) is 0 Å². The van der Waals surface area contributed by atoms with Crippen LogP contribution < -0.4 is 5.32 Å². The molecule has 2 aliphatic rings. The van der Waals surface area contributed by atoms with Crippen LogP contribution in [-0.4, -0.2) is 87.4 Å². The van der Waals surface area contributed by atoms with Crippen molar-refractivity contribution in [3.05, 3.63) is 0 Å². The molecule has 2 saturated heterocycles. The number of morpholine rings is 1. The van der Waals surface area contributed by atoms with Gasteiger partial charge < -0.3 is 19.7 Å². The third kappa shape index (κ3) is 5.68. The lowest BCUT2D eigenvalue weighted by Crippen LogP contribution is -2.53. The monoisotopic (exact) mass is 468 g/mol. The lowest BCUT2D eigenvalue weighted by molar-refractivity contribution is -0.145. The molecule has 4 atom stereocenters. The normalized spacial score (nSPS) is 29.1. The number of halogens is 1. The Bertz CT molecular complexity index is 463. The summed E-state index contributed by atoms with van der Waals surface area (Å²) >= 11 is 0. The first-order valence-corrected chi connectivity index (χ1v) is 8.84. The molecule has 0 aromatic heterocycles. The molecule has 2 heterocycles. The number of hydrogen-bond acceptors (Lipinski definition) is 5. The molecule has 146 valence electrons. The number of carbonyl (C=O) groups excluding carboxylic acids is 1. The molecule has 0 spiro atoms. The van der Waals surface area contributed by atoms with Crippen LogP contribution >= 0.6 is 24.0 Å². The molecule has 0 saturated carbocycles. The first-order valence-electron chi connectivity index (χ1n) is 8.84. The molecule has 0 amide bonds. The number of carbonyl (C=O) groups is 1. The van der Waals surface area contributed by atoms with Crippen LogP contribution in [0.1, 0.15) is 20.8 Å². The van der Waals surface area contributed by atoms with E-state index < -0.39 is 0 Å². The van der Waals surface area contributed by atoms with Gasteiger partial charge in [0.15, 0.2) is 5.96 Å². The van der Waals surface area contributed by atoms with Gasteiger partial charge >= 0.3 is 5.97 Å². The summed E-state index contributed by atoms with van der Waals surface area (Å²) < 4.78 is 10.4. The van der Waals surface area contributed by atoms with E-state index in [-0.39, 0.29) is 41.8 Å². The lowest BCUT2D eigenvalue weighted by atomic mass is 9.99. The Labute approximate surface area is 168 Å². The fourth-order valence-corrected chi connectivity index (χ4v) is 3.68. The van der Waals surface area contributed by atoms with Crippen molar-refractivity contribution in [2.45, 2.75) is 32.9 Å². The Hall–Kier alpha value is -0.610. The van der Waals surface area contributed by atoms with E-state index in [4.69, 9.17) is 9.47 Å². The number of nitrogens with zero attached hydrogens (tertiary/aromatic N) is 3. The molecule has 0 bridgehead atoms. The van der Waals surface area contributed by atoms with Crippen LogP contribution in [-0.2, 0) is 14.3 Å². The topological polar surface area (TPSA) is 66.4 Å². The quantitative estimate of drug-likeness (QED) is 0.288. The average Bonchev–Trinajstić information content (AvgIpc) is 2.96. The smallest absolute Gasteiger partial charge is 0.310 e. The summed E-state index contributed by atoms with van der Waals surface area (Å²) in [6, 6.07) is 0.838. The minimum absolute atomic E-state index is 0. The molecule has 0 aliphatic carbocycles. The van der Waals surface area contributed by atoms with E-state index in [0.717, 1.165) is 38.8 Å². The summed E-state index contributed by atoms with van der Waals surface area (Å²) in [5.74, 6) is 0.926. The Morgan fingerprint density at radius 2 is 2.12 bits per heavy atom. The van der Waals surface area contributed by atoms with Crippen molar-refractivity contribution in [2.24, 2.45) is 16.8 Å². The second-order valence-corrected chi connectivity index (χ2v) is 6.95. The van der Waals surface area contributed by atoms with Gasteiger partial charge in [0.2, 0.25) is 0 Å². The molecule has 2 aliphatic heterocycles. The lowest BCUT2D eigenvalue weighted by Gasteiger charge is -2.38. The van der Waals surface area contributed by atoms with Crippen LogP contribution in [0.25, 0.3) is 0 Å². The van der Waals surface area contributed by atoms with Crippen molar-refractivity contribution in [1.82, 2.24) is 15.1 Å². The maximum atomic E-state index is 11.9. The van der Waals surface area contributed by atoms with E-state index in [1.54, 1.807) is 7.05 Å². The van der Waals surface area contributed by atoms with Gasteiger partial charge in [-0.15, -0.1) is 24.0 Å². The second kappa shape index (κ2) is 10.5. The number of hydrogen-bond donors (Lipinski definition) is 1. The zero-order valence-corrected chi connectivity index (χ0v) is 18.4. The summed E-state index contributed by atoms with van der Waals surface area (Å²) in [6.45, 7) is 11.4. The first-order chi connectivity index (χ1) is 11.5. The Morgan fingerprint density at radius 3 is 2.72 bits per heavy atom. The molecule has 2 fully saturated rings. The van der Waals surface area contributed by atoms with Crippen LogP contribution in [0.5, 0.6) is 0 Å². The number of nitrogens with one attached hydrogen (secondary N) is 1. The number of esters is 1. The first kappa shape index (κ1) is 22.4. The van der Waals surface area contributed by atoms with Crippen molar-refractivity contribution in [1.29, 1.82) is 0 Å². The van der Waals surface area contributed by atoms with Gasteiger partial charge in [0, 0.05) is 45.3 Å². The summed E-state index contributed by atoms with van der Waals surface area (Å²) in [4.78, 5) is 20.9. The van der Waals surface area contributed by atoms with Crippen LogP contribution in [0.2, 0.25) is 0 Å². The molecule has 25 heavy (non-hydrogen) atoms. The number of guanidine groups is 1. The standard InChI is InChI=1S/C17H32N4O3.HI/c1-12-9-20(10-15(12)16(22)23-5)17(18-4)19-8-13(2)21-6-7-24-11-14(21)3;/h12-15H,6-11H2,1-5H3,(H,18,19);1H. The molecule has 0 aromatic carbocycles. The van der Waals surface area contributed by atoms with Crippen LogP contribution in [0, 0.1) is 11.8 Å². The molecular formula is C17H33IN4O3. The van der Waals surface area contributed by atoms with Crippen molar-refractivity contribution < 1.29 is 14.3 Å². The number of ether oxygens (including phenoxy) is 2. The van der Waals surface area contributed by atoms with Crippen molar-refractivity contribution in [2.75, 3.05) is 53.6 Å². The fourth-order valence-electron chi connectivity index (χ4n) is 3.68. The summed E-state index contributed by atoms with van der Waals surface area (Å²) in [5.41, 5.74) is 0. The van der Waals surface area contributed by atoms with Gasteiger partial charge in [-0.25, -0.2) is 0 Å². The summed E-state index contributed by atoms with van der Waals surface area (Å²) in [6.07, 6.45) is 0. The predicted molar refractivity (Wildman–Crippen MR) is 109 cm³/mol. The zero-order valence-electron chi connectivity index (χ0n) is 16.0. The molecular weight excluding hydrogens is 435 g/mol. The molecule has 0 aromatic rings. The van der Waals surface area contributed by atoms with Crippen molar-refractivity contribution in [3.63, 3.8) is 0 Å². The van der Waals surface area contributed by atoms with Gasteiger partial charge in [0.1, 0.15) is 0 Å². The minimum atomic E-state index is -0.129. The summed E-state index contributed by atoms with van der Waals surface area (Å²) in [5, 5.41) is 3.47. The molecule has 1 N–H and O–H groups in total. The Morgan fingerprint density at radius 1 is 1.40 bits per heavy atom. The van der Waals surface area contributed by atoms with E-state index in [2.05, 4.69) is 40.9 Å². The zero-order chi connectivity index (χ0) is 17.7. The fraction of sp³-hybridized carbons (Fsp3) is 0.882. The van der Waals surface area contributed by atoms with E-state index in [1.165, 1.54) is 7.11 Å². The van der Waals surface area contributed by atoms with Crippen molar-refractivity contribution in [3.8, 4) is 0 Å². The van der Waals surface area contributed by atoms with Crippen LogP contribution in [0.4, 0.5) is 0 Å². The molecule has 2 rings (SSSR count). The third-order valence-electron chi connectivity index (χ3n) is 5.17. The van der Waals surface area contributed by atoms with Crippen LogP contribution in [0.3, 0.4) is 0 Å². The van der Waals surface area contributed by atoms with Gasteiger partial charge in [-0.2, -0.15) is 0 Å². The number of likely N-dealkylation sites (tertiary alicyclic amines) is 1. The van der Waals surface area contributed by atoms with Crippen molar-refractivity contribution >= 4 is 35.9 Å². The largest absolute Gasteiger partial charge is 0.469 e. The van der Waals surface area contributed by atoms with E-state index >= 15 is 0 Å². The maximum Gasteiger partial charge on any atom is 0.310 e. The number of methoxy groups -OCH3 is 1. The minimum Gasteiger partial charge on any atom is -0.469 e. The highest BCUT2D eigenvalue weighted by molar-refractivity contribution is 14.0. The second-order valence-electron chi connectivity index (χ2n) is 6.95. The van der Waals surface area contributed by atoms with Gasteiger partial charge in [-0.1, -0.05) is 6.92 Å². The molecule has 7 nitrogen and oxygen atoms in total. The SMILES string of the molecule is CN=C(NCC(C)N1CCOCC1C)N1CC(C)C(C(=O)OC)C1.I. The summed E-state index contributed by atoms with van der Waals surface area (Å²) in [7, 11) is 3.25. The molecule has 4 unspecified atom stereocenters. The van der Waals surface area contributed by atoms with Gasteiger partial charge in [0.05, 0.1) is 26.2 Å². The van der Waals surface area contributed by atoms with E-state index in [0.29, 0.717) is 18.6 Å². The average molecular weight is 468 g/mol. The number of rotatable bonds is 4. The van der Waals surface area contributed by atoms with Crippen LogP contribution in [0.15, 0.2) is 4.99 Å². The van der Waals surface area contributed by atoms with E-state index in [9.17, 15) is 4.79 Å². The van der Waals surface area contributed by atoms with Gasteiger partial charge in [0.25, 0.3) is 0 Å². The molecule has 8 heteroatoms. The highest BCUT2D eigenvalue weighted by Gasteiger charge is 2.37. The Kier molecular flexibility index (Phi) is 9.44.